The smallest absolute Gasteiger partial charge is 0.296 e. The fraction of sp³-hybridized carbons (Fsp3) is 0.375. The van der Waals surface area contributed by atoms with E-state index in [0.717, 1.165) is 12.8 Å². The van der Waals surface area contributed by atoms with Crippen molar-refractivity contribution in [1.82, 2.24) is 25.1 Å². The standard InChI is InChI=1S/C24H23F2N7O2/c25-24(26)13-33(12-22-29-14-30-32-22)8-6-21(24)35-20-4-3-16(9-17(20)11-27)19-10-18(5-7-28-19)31-23(34)15-1-2-15/h3-5,7,9-10,14-15,21H,1-2,6,8,12-13H2,(H,28,31,34)(H,29,30,32)/t21-/m0/s1. The number of nitrogens with zero attached hydrogens (tertiary/aromatic N) is 5. The summed E-state index contributed by atoms with van der Waals surface area (Å²) in [5.41, 5.74) is 1.91. The number of rotatable bonds is 7. The highest BCUT2D eigenvalue weighted by atomic mass is 19.3. The van der Waals surface area contributed by atoms with E-state index in [-0.39, 0.29) is 36.1 Å². The van der Waals surface area contributed by atoms with Crippen molar-refractivity contribution < 1.29 is 18.3 Å². The van der Waals surface area contributed by atoms with E-state index in [4.69, 9.17) is 4.74 Å². The first-order valence-electron chi connectivity index (χ1n) is 11.3. The number of carbonyl (C=O) groups excluding carboxylic acids is 1. The Morgan fingerprint density at radius 2 is 2.14 bits per heavy atom. The summed E-state index contributed by atoms with van der Waals surface area (Å²) < 4.78 is 35.4. The van der Waals surface area contributed by atoms with Gasteiger partial charge in [0.15, 0.2) is 6.10 Å². The van der Waals surface area contributed by atoms with Gasteiger partial charge in [0.05, 0.1) is 24.3 Å². The second-order valence-electron chi connectivity index (χ2n) is 8.82. The lowest BCUT2D eigenvalue weighted by Crippen LogP contribution is -2.53. The van der Waals surface area contributed by atoms with Gasteiger partial charge < -0.3 is 15.0 Å². The molecule has 5 rings (SSSR count). The second kappa shape index (κ2) is 9.38. The average Bonchev–Trinajstić information content (AvgIpc) is 3.58. The van der Waals surface area contributed by atoms with E-state index < -0.39 is 18.6 Å². The van der Waals surface area contributed by atoms with E-state index in [0.29, 0.717) is 29.3 Å². The van der Waals surface area contributed by atoms with Crippen LogP contribution in [0.25, 0.3) is 11.3 Å². The SMILES string of the molecule is N#Cc1cc(-c2cc(NC(=O)C3CC3)ccn2)ccc1O[C@H]1CCN(Cc2nnc[nH]2)CC1(F)F. The van der Waals surface area contributed by atoms with Gasteiger partial charge in [-0.1, -0.05) is 0 Å². The number of H-pyrrole nitrogens is 1. The number of amides is 1. The van der Waals surface area contributed by atoms with Crippen LogP contribution in [0.4, 0.5) is 14.5 Å². The monoisotopic (exact) mass is 479 g/mol. The number of nitriles is 1. The highest BCUT2D eigenvalue weighted by molar-refractivity contribution is 5.94. The Morgan fingerprint density at radius 3 is 2.86 bits per heavy atom. The number of hydrogen-bond acceptors (Lipinski definition) is 7. The number of piperidine rings is 1. The van der Waals surface area contributed by atoms with Crippen molar-refractivity contribution in [2.75, 3.05) is 18.4 Å². The molecule has 0 radical (unpaired) electrons. The van der Waals surface area contributed by atoms with Crippen molar-refractivity contribution in [3.63, 3.8) is 0 Å². The van der Waals surface area contributed by atoms with Crippen LogP contribution in [0, 0.1) is 17.2 Å². The van der Waals surface area contributed by atoms with E-state index >= 15 is 0 Å². The number of aromatic amines is 1. The molecule has 1 aliphatic carbocycles. The van der Waals surface area contributed by atoms with Gasteiger partial charge in [-0.25, -0.2) is 8.78 Å². The normalized spacial score (nSPS) is 19.6. The van der Waals surface area contributed by atoms with Crippen LogP contribution < -0.4 is 10.1 Å². The number of nitrogens with one attached hydrogen (secondary N) is 2. The third kappa shape index (κ3) is 5.27. The lowest BCUT2D eigenvalue weighted by molar-refractivity contribution is -0.141. The van der Waals surface area contributed by atoms with Gasteiger partial charge in [0.1, 0.15) is 24.0 Å². The maximum absolute atomic E-state index is 14.9. The minimum Gasteiger partial charge on any atom is -0.483 e. The van der Waals surface area contributed by atoms with Crippen molar-refractivity contribution >= 4 is 11.6 Å². The minimum atomic E-state index is -3.11. The van der Waals surface area contributed by atoms with Gasteiger partial charge >= 0.3 is 0 Å². The number of alkyl halides is 2. The van der Waals surface area contributed by atoms with Crippen molar-refractivity contribution in [1.29, 1.82) is 5.26 Å². The summed E-state index contributed by atoms with van der Waals surface area (Å²) in [5, 5.41) is 20.0. The number of ether oxygens (including phenoxy) is 1. The molecule has 1 saturated heterocycles. The summed E-state index contributed by atoms with van der Waals surface area (Å²) in [4.78, 5) is 20.8. The van der Waals surface area contributed by atoms with Crippen LogP contribution in [-0.4, -0.2) is 56.1 Å². The number of likely N-dealkylation sites (tertiary alicyclic amines) is 1. The molecule has 2 aromatic heterocycles. The Morgan fingerprint density at radius 1 is 1.29 bits per heavy atom. The summed E-state index contributed by atoms with van der Waals surface area (Å²) >= 11 is 0. The second-order valence-corrected chi connectivity index (χ2v) is 8.82. The summed E-state index contributed by atoms with van der Waals surface area (Å²) in [5.74, 6) is -2.44. The van der Waals surface area contributed by atoms with Gasteiger partial charge in [-0.05, 0) is 43.2 Å². The Balaban J connectivity index is 1.28. The van der Waals surface area contributed by atoms with Crippen LogP contribution in [0.15, 0.2) is 42.9 Å². The number of pyridine rings is 1. The third-order valence-electron chi connectivity index (χ3n) is 6.09. The molecule has 2 N–H and O–H groups in total. The quantitative estimate of drug-likeness (QED) is 0.533. The number of benzene rings is 1. The lowest BCUT2D eigenvalue weighted by Gasteiger charge is -2.37. The molecule has 35 heavy (non-hydrogen) atoms. The van der Waals surface area contributed by atoms with Gasteiger partial charge in [-0.15, -0.1) is 10.2 Å². The van der Waals surface area contributed by atoms with Crippen molar-refractivity contribution in [2.45, 2.75) is 37.8 Å². The molecular formula is C24H23F2N7O2. The van der Waals surface area contributed by atoms with Crippen LogP contribution in [-0.2, 0) is 11.3 Å². The Bertz CT molecular complexity index is 1260. The molecular weight excluding hydrogens is 456 g/mol. The number of carbonyl (C=O) groups is 1. The van der Waals surface area contributed by atoms with Crippen LogP contribution in [0.1, 0.15) is 30.7 Å². The lowest BCUT2D eigenvalue weighted by atomic mass is 10.0. The molecule has 180 valence electrons. The maximum Gasteiger partial charge on any atom is 0.296 e. The minimum absolute atomic E-state index is 0.0172. The van der Waals surface area contributed by atoms with Crippen LogP contribution in [0.5, 0.6) is 5.75 Å². The summed E-state index contributed by atoms with van der Waals surface area (Å²) in [7, 11) is 0. The Labute approximate surface area is 200 Å². The summed E-state index contributed by atoms with van der Waals surface area (Å²) in [6, 6.07) is 10.2. The molecule has 3 aromatic rings. The van der Waals surface area contributed by atoms with E-state index in [1.54, 1.807) is 35.4 Å². The zero-order chi connectivity index (χ0) is 24.4. The number of hydrogen-bond donors (Lipinski definition) is 2. The number of anilines is 1. The molecule has 1 amide bonds. The van der Waals surface area contributed by atoms with Gasteiger partial charge in [0.2, 0.25) is 5.91 Å². The fourth-order valence-electron chi connectivity index (χ4n) is 4.08. The van der Waals surface area contributed by atoms with Crippen molar-refractivity contribution in [3.05, 3.63) is 54.2 Å². The van der Waals surface area contributed by atoms with Crippen LogP contribution in [0.2, 0.25) is 0 Å². The molecule has 0 bridgehead atoms. The molecule has 0 spiro atoms. The molecule has 11 heteroatoms. The van der Waals surface area contributed by atoms with Crippen LogP contribution in [0.3, 0.4) is 0 Å². The molecule has 0 unspecified atom stereocenters. The van der Waals surface area contributed by atoms with Crippen LogP contribution >= 0.6 is 0 Å². The molecule has 9 nitrogen and oxygen atoms in total. The Kier molecular flexibility index (Phi) is 6.13. The van der Waals surface area contributed by atoms with Gasteiger partial charge in [-0.2, -0.15) is 5.26 Å². The first-order chi connectivity index (χ1) is 16.9. The number of halogens is 2. The predicted molar refractivity (Wildman–Crippen MR) is 121 cm³/mol. The van der Waals surface area contributed by atoms with Gasteiger partial charge in [0, 0.05) is 36.3 Å². The molecule has 1 atom stereocenters. The molecule has 1 aliphatic heterocycles. The largest absolute Gasteiger partial charge is 0.483 e. The fourth-order valence-corrected chi connectivity index (χ4v) is 4.08. The molecule has 2 fully saturated rings. The van der Waals surface area contributed by atoms with E-state index in [1.165, 1.54) is 12.4 Å². The molecule has 1 saturated carbocycles. The van der Waals surface area contributed by atoms with Gasteiger partial charge in [0.25, 0.3) is 5.92 Å². The first-order valence-corrected chi connectivity index (χ1v) is 11.3. The van der Waals surface area contributed by atoms with E-state index in [9.17, 15) is 18.8 Å². The third-order valence-corrected chi connectivity index (χ3v) is 6.09. The summed E-state index contributed by atoms with van der Waals surface area (Å²) in [6.07, 6.45) is 3.52. The molecule has 2 aliphatic rings. The summed E-state index contributed by atoms with van der Waals surface area (Å²) in [6.45, 7) is 0.152. The highest BCUT2D eigenvalue weighted by Gasteiger charge is 2.46. The Hall–Kier alpha value is -3.91. The van der Waals surface area contributed by atoms with Crippen molar-refractivity contribution in [3.8, 4) is 23.1 Å². The zero-order valence-electron chi connectivity index (χ0n) is 18.7. The van der Waals surface area contributed by atoms with E-state index in [1.807, 2.05) is 6.07 Å². The van der Waals surface area contributed by atoms with Gasteiger partial charge in [-0.3, -0.25) is 14.7 Å². The first kappa shape index (κ1) is 22.9. The number of aromatic nitrogens is 4. The molecule has 1 aromatic carbocycles. The van der Waals surface area contributed by atoms with E-state index in [2.05, 4.69) is 25.5 Å². The highest BCUT2D eigenvalue weighted by Crippen LogP contribution is 2.34. The van der Waals surface area contributed by atoms with Crippen molar-refractivity contribution in [2.24, 2.45) is 5.92 Å². The molecule has 3 heterocycles. The maximum atomic E-state index is 14.9. The predicted octanol–water partition coefficient (Wildman–Crippen LogP) is 3.38. The average molecular weight is 479 g/mol. The topological polar surface area (TPSA) is 120 Å². The zero-order valence-corrected chi connectivity index (χ0v) is 18.7.